The van der Waals surface area contributed by atoms with Crippen LogP contribution in [0.1, 0.15) is 13.3 Å². The Morgan fingerprint density at radius 3 is 3.17 bits per heavy atom. The van der Waals surface area contributed by atoms with Gasteiger partial charge in [0, 0.05) is 35.1 Å². The number of rotatable bonds is 6. The molecule has 2 heterocycles. The van der Waals surface area contributed by atoms with E-state index in [2.05, 4.69) is 22.2 Å². The second kappa shape index (κ2) is 7.74. The number of anilines is 1. The molecule has 1 unspecified atom stereocenters. The van der Waals surface area contributed by atoms with Crippen LogP contribution < -0.4 is 10.1 Å². The summed E-state index contributed by atoms with van der Waals surface area (Å²) in [4.78, 5) is 8.30. The zero-order valence-electron chi connectivity index (χ0n) is 10.6. The van der Waals surface area contributed by atoms with Gasteiger partial charge in [-0.15, -0.1) is 0 Å². The summed E-state index contributed by atoms with van der Waals surface area (Å²) in [5, 5.41) is 4.05. The molecule has 0 aliphatic carbocycles. The number of nitrogens with one attached hydrogen (secondary N) is 1. The average molecular weight is 285 g/mol. The van der Waals surface area contributed by atoms with Gasteiger partial charge in [0.1, 0.15) is 12.1 Å². The van der Waals surface area contributed by atoms with E-state index in [-0.39, 0.29) is 0 Å². The van der Waals surface area contributed by atoms with Crippen molar-refractivity contribution in [3.8, 4) is 5.88 Å². The van der Waals surface area contributed by atoms with Gasteiger partial charge in [0.15, 0.2) is 0 Å². The van der Waals surface area contributed by atoms with Gasteiger partial charge in [0.05, 0.1) is 6.61 Å². The van der Waals surface area contributed by atoms with Crippen molar-refractivity contribution in [2.24, 2.45) is 0 Å². The molecule has 1 atom stereocenters. The van der Waals surface area contributed by atoms with E-state index >= 15 is 0 Å². The molecule has 1 fully saturated rings. The van der Waals surface area contributed by atoms with Crippen LogP contribution in [-0.2, 0) is 0 Å². The Morgan fingerprint density at radius 2 is 2.39 bits per heavy atom. The maximum Gasteiger partial charge on any atom is 0.218 e. The summed E-state index contributed by atoms with van der Waals surface area (Å²) in [5.41, 5.74) is 0. The van der Waals surface area contributed by atoms with Crippen LogP contribution in [0.4, 0.5) is 5.82 Å². The highest BCUT2D eigenvalue weighted by molar-refractivity contribution is 8.06. The Balaban J connectivity index is 1.80. The van der Waals surface area contributed by atoms with Gasteiger partial charge in [0.2, 0.25) is 5.88 Å². The lowest BCUT2D eigenvalue weighted by molar-refractivity contribution is 0.305. The van der Waals surface area contributed by atoms with Gasteiger partial charge in [-0.2, -0.15) is 23.5 Å². The minimum absolute atomic E-state index is 0.653. The zero-order chi connectivity index (χ0) is 12.6. The van der Waals surface area contributed by atoms with Gasteiger partial charge in [-0.05, 0) is 6.42 Å². The Morgan fingerprint density at radius 1 is 1.44 bits per heavy atom. The molecular weight excluding hydrogens is 266 g/mol. The lowest BCUT2D eigenvalue weighted by Crippen LogP contribution is -2.23. The normalized spacial score (nSPS) is 19.5. The highest BCUT2D eigenvalue weighted by Gasteiger charge is 2.14. The SMILES string of the molecule is CCCOc1cc(NCC2CSCCS2)ncn1. The number of hydrogen-bond acceptors (Lipinski definition) is 6. The zero-order valence-corrected chi connectivity index (χ0v) is 12.2. The van der Waals surface area contributed by atoms with E-state index in [1.165, 1.54) is 17.3 Å². The monoisotopic (exact) mass is 285 g/mol. The van der Waals surface area contributed by atoms with Gasteiger partial charge >= 0.3 is 0 Å². The molecule has 0 saturated carbocycles. The summed E-state index contributed by atoms with van der Waals surface area (Å²) in [6, 6.07) is 1.87. The minimum Gasteiger partial charge on any atom is -0.478 e. The lowest BCUT2D eigenvalue weighted by Gasteiger charge is -2.21. The first-order valence-corrected chi connectivity index (χ1v) is 8.47. The first kappa shape index (κ1) is 13.8. The van der Waals surface area contributed by atoms with Crippen molar-refractivity contribution in [2.45, 2.75) is 18.6 Å². The second-order valence-electron chi connectivity index (χ2n) is 4.04. The summed E-state index contributed by atoms with van der Waals surface area (Å²) >= 11 is 4.08. The van der Waals surface area contributed by atoms with E-state index < -0.39 is 0 Å². The average Bonchev–Trinajstić information content (AvgIpc) is 2.44. The topological polar surface area (TPSA) is 47.0 Å². The molecule has 1 aliphatic rings. The fourth-order valence-corrected chi connectivity index (χ4v) is 4.21. The van der Waals surface area contributed by atoms with Gasteiger partial charge in [-0.25, -0.2) is 9.97 Å². The van der Waals surface area contributed by atoms with Gasteiger partial charge in [-0.3, -0.25) is 0 Å². The fourth-order valence-electron chi connectivity index (χ4n) is 1.59. The van der Waals surface area contributed by atoms with Crippen LogP contribution in [0.15, 0.2) is 12.4 Å². The molecule has 6 heteroatoms. The van der Waals surface area contributed by atoms with Crippen LogP contribution >= 0.6 is 23.5 Å². The number of hydrogen-bond donors (Lipinski definition) is 1. The molecule has 18 heavy (non-hydrogen) atoms. The third-order valence-electron chi connectivity index (χ3n) is 2.49. The molecule has 1 saturated heterocycles. The Bertz CT molecular complexity index is 359. The maximum atomic E-state index is 5.49. The summed E-state index contributed by atoms with van der Waals surface area (Å²) in [6.07, 6.45) is 2.54. The van der Waals surface area contributed by atoms with E-state index in [1.807, 2.05) is 29.6 Å². The standard InChI is InChI=1S/C12H19N3OS2/c1-2-3-16-12-6-11(14-9-15-12)13-7-10-8-17-4-5-18-10/h6,9-10H,2-5,7-8H2,1H3,(H,13,14,15). The molecule has 0 aromatic carbocycles. The first-order valence-electron chi connectivity index (χ1n) is 6.26. The van der Waals surface area contributed by atoms with Crippen LogP contribution in [-0.4, -0.2) is 45.6 Å². The molecule has 1 aromatic heterocycles. The first-order chi connectivity index (χ1) is 8.88. The Hall–Kier alpha value is -0.620. The molecule has 1 aromatic rings. The Labute approximate surface area is 117 Å². The minimum atomic E-state index is 0.653. The van der Waals surface area contributed by atoms with Crippen molar-refractivity contribution in [3.63, 3.8) is 0 Å². The van der Waals surface area contributed by atoms with Gasteiger partial charge in [-0.1, -0.05) is 6.92 Å². The molecular formula is C12H19N3OS2. The van der Waals surface area contributed by atoms with E-state index in [9.17, 15) is 0 Å². The number of thioether (sulfide) groups is 2. The summed E-state index contributed by atoms with van der Waals surface area (Å²) in [6.45, 7) is 3.74. The maximum absolute atomic E-state index is 5.49. The summed E-state index contributed by atoms with van der Waals surface area (Å²) < 4.78 is 5.49. The van der Waals surface area contributed by atoms with E-state index in [0.717, 1.165) is 18.8 Å². The highest BCUT2D eigenvalue weighted by atomic mass is 32.2. The van der Waals surface area contributed by atoms with Crippen molar-refractivity contribution in [2.75, 3.05) is 35.7 Å². The molecule has 100 valence electrons. The van der Waals surface area contributed by atoms with Gasteiger partial charge in [0.25, 0.3) is 0 Å². The van der Waals surface area contributed by atoms with Crippen LogP contribution in [0.3, 0.4) is 0 Å². The van der Waals surface area contributed by atoms with Crippen LogP contribution in [0.2, 0.25) is 0 Å². The molecule has 0 bridgehead atoms. The molecule has 0 spiro atoms. The Kier molecular flexibility index (Phi) is 5.93. The van der Waals surface area contributed by atoms with E-state index in [0.29, 0.717) is 17.7 Å². The van der Waals surface area contributed by atoms with Crippen molar-refractivity contribution < 1.29 is 4.74 Å². The molecule has 1 N–H and O–H groups in total. The molecule has 1 aliphatic heterocycles. The van der Waals surface area contributed by atoms with Crippen molar-refractivity contribution in [1.29, 1.82) is 0 Å². The molecule has 0 amide bonds. The van der Waals surface area contributed by atoms with Crippen molar-refractivity contribution in [1.82, 2.24) is 9.97 Å². The number of aromatic nitrogens is 2. The third kappa shape index (κ3) is 4.57. The molecule has 4 nitrogen and oxygen atoms in total. The van der Waals surface area contributed by atoms with Crippen LogP contribution in [0.5, 0.6) is 5.88 Å². The molecule has 0 radical (unpaired) electrons. The summed E-state index contributed by atoms with van der Waals surface area (Å²) in [5.74, 6) is 5.27. The van der Waals surface area contributed by atoms with E-state index in [4.69, 9.17) is 4.74 Å². The van der Waals surface area contributed by atoms with Gasteiger partial charge < -0.3 is 10.1 Å². The second-order valence-corrected chi connectivity index (χ2v) is 6.60. The number of ether oxygens (including phenoxy) is 1. The quantitative estimate of drug-likeness (QED) is 0.866. The fraction of sp³-hybridized carbons (Fsp3) is 0.667. The number of nitrogens with zero attached hydrogens (tertiary/aromatic N) is 2. The molecule has 2 rings (SSSR count). The lowest BCUT2D eigenvalue weighted by atomic mass is 10.4. The van der Waals surface area contributed by atoms with E-state index in [1.54, 1.807) is 6.33 Å². The van der Waals surface area contributed by atoms with Crippen molar-refractivity contribution >= 4 is 29.3 Å². The largest absolute Gasteiger partial charge is 0.478 e. The predicted molar refractivity (Wildman–Crippen MR) is 79.9 cm³/mol. The van der Waals surface area contributed by atoms with Crippen LogP contribution in [0.25, 0.3) is 0 Å². The highest BCUT2D eigenvalue weighted by Crippen LogP contribution is 2.24. The summed E-state index contributed by atoms with van der Waals surface area (Å²) in [7, 11) is 0. The van der Waals surface area contributed by atoms with Crippen molar-refractivity contribution in [3.05, 3.63) is 12.4 Å². The van der Waals surface area contributed by atoms with Crippen LogP contribution in [0, 0.1) is 0 Å². The smallest absolute Gasteiger partial charge is 0.218 e. The predicted octanol–water partition coefficient (Wildman–Crippen LogP) is 2.53. The third-order valence-corrected chi connectivity index (χ3v) is 5.34.